The van der Waals surface area contributed by atoms with Crippen LogP contribution >= 0.6 is 24.8 Å². The average Bonchev–Trinajstić information content (AvgIpc) is 2.32. The van der Waals surface area contributed by atoms with Crippen LogP contribution in [0.3, 0.4) is 0 Å². The van der Waals surface area contributed by atoms with Gasteiger partial charge in [-0.25, -0.2) is 0 Å². The zero-order chi connectivity index (χ0) is 14.1. The van der Waals surface area contributed by atoms with Gasteiger partial charge in [-0.15, -0.1) is 0 Å². The summed E-state index contributed by atoms with van der Waals surface area (Å²) in [4.78, 5) is 10.7. The van der Waals surface area contributed by atoms with E-state index in [1.165, 1.54) is 5.37 Å². The van der Waals surface area contributed by atoms with E-state index in [1.54, 1.807) is 0 Å². The molecule has 0 radical (unpaired) electrons. The minimum Gasteiger partial charge on any atom is -0.480 e. The predicted octanol–water partition coefficient (Wildman–Crippen LogP) is -0.0662. The number of thiocarbonyl (C=S) groups is 1. The van der Waals surface area contributed by atoms with Crippen molar-refractivity contribution in [1.82, 2.24) is 10.6 Å². The van der Waals surface area contributed by atoms with Crippen molar-refractivity contribution < 1.29 is 15.0 Å². The van der Waals surface area contributed by atoms with Crippen molar-refractivity contribution >= 4 is 36.2 Å². The monoisotopic (exact) mass is 294 g/mol. The SMILES string of the molecule is CC(C)C(O)C(C=S)NCCNC(CS)C(=O)O. The highest BCUT2D eigenvalue weighted by atomic mass is 32.1. The highest BCUT2D eigenvalue weighted by molar-refractivity contribution is 7.80. The Hall–Kier alpha value is -0.210. The normalized spacial score (nSPS) is 16.3. The maximum Gasteiger partial charge on any atom is 0.321 e. The second kappa shape index (κ2) is 9.69. The Kier molecular flexibility index (Phi) is 9.57. The van der Waals surface area contributed by atoms with Crippen molar-refractivity contribution in [3.8, 4) is 0 Å². The van der Waals surface area contributed by atoms with E-state index in [9.17, 15) is 9.90 Å². The molecule has 3 unspecified atom stereocenters. The third-order valence-corrected chi connectivity index (χ3v) is 3.23. The molecule has 0 spiro atoms. The Morgan fingerprint density at radius 2 is 1.94 bits per heavy atom. The predicted molar refractivity (Wildman–Crippen MR) is 79.6 cm³/mol. The lowest BCUT2D eigenvalue weighted by atomic mass is 10.0. The number of carboxylic acid groups (broad SMARTS) is 1. The molecule has 0 aliphatic carbocycles. The molecule has 0 saturated heterocycles. The van der Waals surface area contributed by atoms with Gasteiger partial charge in [-0.3, -0.25) is 4.79 Å². The van der Waals surface area contributed by atoms with Crippen molar-refractivity contribution in [3.63, 3.8) is 0 Å². The summed E-state index contributed by atoms with van der Waals surface area (Å²) in [5, 5.41) is 26.1. The minimum atomic E-state index is -0.918. The summed E-state index contributed by atoms with van der Waals surface area (Å²) in [6, 6.07) is -0.919. The second-order valence-corrected chi connectivity index (χ2v) is 5.02. The first-order valence-corrected chi connectivity index (χ1v) is 6.98. The Morgan fingerprint density at radius 1 is 1.39 bits per heavy atom. The Labute approximate surface area is 119 Å². The first-order valence-electron chi connectivity index (χ1n) is 5.87. The first kappa shape index (κ1) is 17.8. The van der Waals surface area contributed by atoms with Crippen molar-refractivity contribution in [2.75, 3.05) is 18.8 Å². The molecule has 0 bridgehead atoms. The van der Waals surface area contributed by atoms with E-state index in [4.69, 9.17) is 17.3 Å². The molecule has 0 fully saturated rings. The lowest BCUT2D eigenvalue weighted by Crippen LogP contribution is -2.47. The molecule has 0 heterocycles. The molecule has 0 rings (SSSR count). The maximum absolute atomic E-state index is 10.7. The number of aliphatic carboxylic acids is 1. The lowest BCUT2D eigenvalue weighted by Gasteiger charge is -2.23. The van der Waals surface area contributed by atoms with Gasteiger partial charge >= 0.3 is 5.97 Å². The molecule has 3 atom stereocenters. The number of rotatable bonds is 10. The summed E-state index contributed by atoms with van der Waals surface area (Å²) in [5.41, 5.74) is 0. The summed E-state index contributed by atoms with van der Waals surface area (Å²) < 4.78 is 0. The van der Waals surface area contributed by atoms with Gasteiger partial charge in [0.2, 0.25) is 0 Å². The Morgan fingerprint density at radius 3 is 2.33 bits per heavy atom. The molecule has 4 N–H and O–H groups in total. The van der Waals surface area contributed by atoms with Gasteiger partial charge in [0.25, 0.3) is 0 Å². The van der Waals surface area contributed by atoms with Gasteiger partial charge in [-0.1, -0.05) is 26.1 Å². The van der Waals surface area contributed by atoms with Crippen LogP contribution in [0.1, 0.15) is 13.8 Å². The summed E-state index contributed by atoms with van der Waals surface area (Å²) in [7, 11) is 0. The summed E-state index contributed by atoms with van der Waals surface area (Å²) in [5.74, 6) is -0.571. The molecule has 0 aromatic rings. The van der Waals surface area contributed by atoms with Gasteiger partial charge in [0.05, 0.1) is 12.1 Å². The third-order valence-electron chi connectivity index (χ3n) is 2.57. The Balaban J connectivity index is 3.94. The van der Waals surface area contributed by atoms with E-state index in [2.05, 4.69) is 23.3 Å². The van der Waals surface area contributed by atoms with Crippen LogP contribution in [0.5, 0.6) is 0 Å². The van der Waals surface area contributed by atoms with Gasteiger partial charge < -0.3 is 20.8 Å². The largest absolute Gasteiger partial charge is 0.480 e. The number of thiol groups is 1. The topological polar surface area (TPSA) is 81.6 Å². The zero-order valence-corrected chi connectivity index (χ0v) is 12.4. The molecule has 0 aromatic carbocycles. The standard InChI is InChI=1S/C11H22N2O3S2/c1-7(2)10(14)8(5-17)12-3-4-13-9(6-18)11(15)16/h5,7-10,12-14,18H,3-4,6H2,1-2H3,(H,15,16). The summed E-state index contributed by atoms with van der Waals surface area (Å²) >= 11 is 8.81. The van der Waals surface area contributed by atoms with E-state index in [-0.39, 0.29) is 17.7 Å². The smallest absolute Gasteiger partial charge is 0.321 e. The number of carboxylic acids is 1. The summed E-state index contributed by atoms with van der Waals surface area (Å²) in [6.45, 7) is 4.83. The molecule has 0 aromatic heterocycles. The van der Waals surface area contributed by atoms with E-state index < -0.39 is 18.1 Å². The van der Waals surface area contributed by atoms with Gasteiger partial charge in [0.1, 0.15) is 6.04 Å². The van der Waals surface area contributed by atoms with Gasteiger partial charge in [-0.2, -0.15) is 12.6 Å². The zero-order valence-electron chi connectivity index (χ0n) is 10.7. The van der Waals surface area contributed by atoms with Crippen LogP contribution in [0.4, 0.5) is 0 Å². The number of nitrogens with one attached hydrogen (secondary N) is 2. The number of hydrogen-bond acceptors (Lipinski definition) is 6. The fourth-order valence-electron chi connectivity index (χ4n) is 1.38. The van der Waals surface area contributed by atoms with Crippen LogP contribution < -0.4 is 10.6 Å². The molecular weight excluding hydrogens is 272 g/mol. The highest BCUT2D eigenvalue weighted by Crippen LogP contribution is 2.04. The van der Waals surface area contributed by atoms with Crippen LogP contribution in [-0.2, 0) is 4.79 Å². The number of hydrogen-bond donors (Lipinski definition) is 5. The Bertz CT molecular complexity index is 265. The van der Waals surface area contributed by atoms with Crippen molar-refractivity contribution in [2.24, 2.45) is 5.92 Å². The van der Waals surface area contributed by atoms with Crippen LogP contribution in [0.15, 0.2) is 0 Å². The molecule has 0 amide bonds. The first-order chi connectivity index (χ1) is 8.43. The van der Waals surface area contributed by atoms with Crippen molar-refractivity contribution in [3.05, 3.63) is 0 Å². The van der Waals surface area contributed by atoms with Crippen molar-refractivity contribution in [1.29, 1.82) is 0 Å². The van der Waals surface area contributed by atoms with Crippen LogP contribution in [0, 0.1) is 5.92 Å². The fraction of sp³-hybridized carbons (Fsp3) is 0.818. The molecule has 5 nitrogen and oxygen atoms in total. The van der Waals surface area contributed by atoms with Gasteiger partial charge in [0, 0.05) is 18.8 Å². The fourth-order valence-corrected chi connectivity index (χ4v) is 1.92. The molecule has 106 valence electrons. The highest BCUT2D eigenvalue weighted by Gasteiger charge is 2.19. The average molecular weight is 294 g/mol. The minimum absolute atomic E-state index is 0.110. The maximum atomic E-state index is 10.7. The molecule has 0 aliphatic rings. The lowest BCUT2D eigenvalue weighted by molar-refractivity contribution is -0.138. The van der Waals surface area contributed by atoms with Gasteiger partial charge in [0.15, 0.2) is 0 Å². The van der Waals surface area contributed by atoms with E-state index in [0.29, 0.717) is 13.1 Å². The quantitative estimate of drug-likeness (QED) is 0.220. The summed E-state index contributed by atoms with van der Waals surface area (Å²) in [6.07, 6.45) is -0.539. The molecule has 7 heteroatoms. The van der Waals surface area contributed by atoms with Crippen molar-refractivity contribution in [2.45, 2.75) is 32.0 Å². The van der Waals surface area contributed by atoms with E-state index >= 15 is 0 Å². The molecule has 0 saturated carbocycles. The van der Waals surface area contributed by atoms with Crippen LogP contribution in [0.25, 0.3) is 0 Å². The number of aliphatic hydroxyl groups is 1. The molecule has 0 aliphatic heterocycles. The van der Waals surface area contributed by atoms with Crippen LogP contribution in [0.2, 0.25) is 0 Å². The van der Waals surface area contributed by atoms with Crippen LogP contribution in [-0.4, -0.2) is 58.6 Å². The molecule has 18 heavy (non-hydrogen) atoms. The molecular formula is C11H22N2O3S2. The second-order valence-electron chi connectivity index (χ2n) is 4.38. The number of carbonyl (C=O) groups is 1. The third kappa shape index (κ3) is 6.65. The number of aliphatic hydroxyl groups excluding tert-OH is 1. The van der Waals surface area contributed by atoms with Gasteiger partial charge in [-0.05, 0) is 11.3 Å². The van der Waals surface area contributed by atoms with E-state index in [1.807, 2.05) is 13.8 Å². The van der Waals surface area contributed by atoms with E-state index in [0.717, 1.165) is 0 Å².